The zero-order valence-corrected chi connectivity index (χ0v) is 9.80. The molecule has 2 saturated heterocycles. The number of unbranched alkanes of at least 4 members (excludes halogenated alkanes) is 3. The van der Waals surface area contributed by atoms with E-state index in [0.717, 1.165) is 25.7 Å². The van der Waals surface area contributed by atoms with Crippen LogP contribution >= 0.6 is 0 Å². The van der Waals surface area contributed by atoms with E-state index in [4.69, 9.17) is 18.9 Å². The molecule has 3 unspecified atom stereocenters. The van der Waals surface area contributed by atoms with E-state index in [1.54, 1.807) is 0 Å². The van der Waals surface area contributed by atoms with Crippen LogP contribution in [0, 0.1) is 0 Å². The monoisotopic (exact) mass is 242 g/mol. The van der Waals surface area contributed by atoms with Gasteiger partial charge in [-0.2, -0.15) is 0 Å². The van der Waals surface area contributed by atoms with Crippen LogP contribution in [0.25, 0.3) is 0 Å². The van der Waals surface area contributed by atoms with Crippen molar-refractivity contribution >= 4 is 5.97 Å². The first kappa shape index (κ1) is 12.5. The Kier molecular flexibility index (Phi) is 4.53. The lowest BCUT2D eigenvalue weighted by molar-refractivity contribution is -0.202. The Hall–Kier alpha value is -0.910. The van der Waals surface area contributed by atoms with Crippen molar-refractivity contribution in [2.45, 2.75) is 44.4 Å². The molecular weight excluding hydrogens is 224 g/mol. The number of carbonyl (C=O) groups excluding carboxylic acids is 1. The second-order valence-corrected chi connectivity index (χ2v) is 4.13. The number of hydrogen-bond donors (Lipinski definition) is 0. The molecule has 0 radical (unpaired) electrons. The molecule has 0 N–H and O–H groups in total. The third-order valence-electron chi connectivity index (χ3n) is 2.75. The highest BCUT2D eigenvalue weighted by molar-refractivity contribution is 5.81. The minimum Gasteiger partial charge on any atom is -0.463 e. The lowest BCUT2D eigenvalue weighted by Crippen LogP contribution is -2.36. The van der Waals surface area contributed by atoms with Crippen LogP contribution in [0.2, 0.25) is 0 Å². The van der Waals surface area contributed by atoms with Gasteiger partial charge in [-0.1, -0.05) is 13.0 Å². The van der Waals surface area contributed by atoms with Gasteiger partial charge in [-0.25, -0.2) is 4.79 Å². The van der Waals surface area contributed by atoms with Gasteiger partial charge in [0.15, 0.2) is 18.7 Å². The van der Waals surface area contributed by atoms with Gasteiger partial charge in [0.05, 0.1) is 6.61 Å². The van der Waals surface area contributed by atoms with E-state index in [1.807, 2.05) is 0 Å². The van der Waals surface area contributed by atoms with Gasteiger partial charge < -0.3 is 18.9 Å². The summed E-state index contributed by atoms with van der Waals surface area (Å²) in [5.41, 5.74) is 0. The highest BCUT2D eigenvalue weighted by Crippen LogP contribution is 2.40. The van der Waals surface area contributed by atoms with Crippen LogP contribution in [0.4, 0.5) is 0 Å². The summed E-state index contributed by atoms with van der Waals surface area (Å²) in [4.78, 5) is 10.7. The van der Waals surface area contributed by atoms with Crippen molar-refractivity contribution in [2.24, 2.45) is 0 Å². The number of ether oxygens (including phenoxy) is 4. The maximum absolute atomic E-state index is 10.7. The molecule has 5 heteroatoms. The molecule has 96 valence electrons. The molecule has 3 atom stereocenters. The van der Waals surface area contributed by atoms with Crippen LogP contribution in [0.15, 0.2) is 12.7 Å². The van der Waals surface area contributed by atoms with Crippen molar-refractivity contribution < 1.29 is 23.7 Å². The maximum atomic E-state index is 10.7. The Morgan fingerprint density at radius 3 is 2.53 bits per heavy atom. The fourth-order valence-electron chi connectivity index (χ4n) is 1.65. The zero-order valence-electron chi connectivity index (χ0n) is 9.80. The van der Waals surface area contributed by atoms with E-state index in [9.17, 15) is 4.79 Å². The second kappa shape index (κ2) is 6.14. The fourth-order valence-corrected chi connectivity index (χ4v) is 1.65. The summed E-state index contributed by atoms with van der Waals surface area (Å²) in [5, 5.41) is 0. The van der Waals surface area contributed by atoms with Crippen LogP contribution in [-0.2, 0) is 23.7 Å². The Morgan fingerprint density at radius 1 is 1.18 bits per heavy atom. The van der Waals surface area contributed by atoms with Crippen molar-refractivity contribution in [2.75, 3.05) is 13.2 Å². The molecule has 2 aliphatic heterocycles. The van der Waals surface area contributed by atoms with E-state index in [1.165, 1.54) is 6.08 Å². The first-order chi connectivity index (χ1) is 8.31. The molecule has 0 aromatic heterocycles. The zero-order chi connectivity index (χ0) is 12.1. The predicted molar refractivity (Wildman–Crippen MR) is 59.1 cm³/mol. The number of carbonyl (C=O) groups is 1. The summed E-state index contributed by atoms with van der Waals surface area (Å²) in [6, 6.07) is 0. The number of fused-ring (bicyclic) bond motifs is 1. The molecule has 0 aromatic rings. The molecule has 2 heterocycles. The second-order valence-electron chi connectivity index (χ2n) is 4.13. The minimum atomic E-state index is -0.352. The third kappa shape index (κ3) is 3.80. The standard InChI is InChI=1S/C12H18O5/c1-2-9(13)14-7-5-3-4-6-8-15-11-10-12(16-10)17-11/h2,10-12H,1,3-8H2. The summed E-state index contributed by atoms with van der Waals surface area (Å²) < 4.78 is 20.6. The Balaban J connectivity index is 1.32. The fraction of sp³-hybridized carbons (Fsp3) is 0.750. The Morgan fingerprint density at radius 2 is 1.94 bits per heavy atom. The van der Waals surface area contributed by atoms with Crippen LogP contribution < -0.4 is 0 Å². The highest BCUT2D eigenvalue weighted by Gasteiger charge is 2.59. The van der Waals surface area contributed by atoms with Gasteiger partial charge in [0, 0.05) is 12.7 Å². The normalized spacial score (nSPS) is 29.1. The molecule has 2 aliphatic rings. The molecule has 2 fully saturated rings. The van der Waals surface area contributed by atoms with Gasteiger partial charge in [-0.15, -0.1) is 0 Å². The average molecular weight is 242 g/mol. The predicted octanol–water partition coefficient (Wildman–Crippen LogP) is 1.37. The molecule has 0 spiro atoms. The summed E-state index contributed by atoms with van der Waals surface area (Å²) in [5.74, 6) is -0.352. The molecule has 5 nitrogen and oxygen atoms in total. The van der Waals surface area contributed by atoms with Gasteiger partial charge in [0.25, 0.3) is 0 Å². The minimum absolute atomic E-state index is 0.0274. The van der Waals surface area contributed by atoms with E-state index < -0.39 is 0 Å². The van der Waals surface area contributed by atoms with Crippen molar-refractivity contribution in [1.29, 1.82) is 0 Å². The molecule has 0 bridgehead atoms. The van der Waals surface area contributed by atoms with E-state index >= 15 is 0 Å². The van der Waals surface area contributed by atoms with E-state index in [0.29, 0.717) is 13.2 Å². The maximum Gasteiger partial charge on any atom is 0.330 e. The molecule has 0 aliphatic carbocycles. The molecule has 0 amide bonds. The summed E-state index contributed by atoms with van der Waals surface area (Å²) in [7, 11) is 0. The van der Waals surface area contributed by atoms with Gasteiger partial charge >= 0.3 is 5.97 Å². The molecular formula is C12H18O5. The summed E-state index contributed by atoms with van der Waals surface area (Å²) in [6.07, 6.45) is 5.25. The molecule has 2 rings (SSSR count). The third-order valence-corrected chi connectivity index (χ3v) is 2.75. The number of rotatable bonds is 9. The molecule has 17 heavy (non-hydrogen) atoms. The van der Waals surface area contributed by atoms with Crippen LogP contribution in [0.5, 0.6) is 0 Å². The smallest absolute Gasteiger partial charge is 0.330 e. The Bertz CT molecular complexity index is 278. The van der Waals surface area contributed by atoms with Gasteiger partial charge in [-0.3, -0.25) is 0 Å². The molecule has 0 aromatic carbocycles. The SMILES string of the molecule is C=CC(=O)OCCCCCCOC1OC2OC12. The first-order valence-corrected chi connectivity index (χ1v) is 6.03. The summed E-state index contributed by atoms with van der Waals surface area (Å²) >= 11 is 0. The van der Waals surface area contributed by atoms with Crippen molar-refractivity contribution in [1.82, 2.24) is 0 Å². The highest BCUT2D eigenvalue weighted by atomic mass is 16.9. The van der Waals surface area contributed by atoms with Crippen LogP contribution in [0.1, 0.15) is 25.7 Å². The number of esters is 1. The van der Waals surface area contributed by atoms with Gasteiger partial charge in [-0.05, 0) is 19.3 Å². The Labute approximate surface area is 101 Å². The quantitative estimate of drug-likeness (QED) is 0.264. The first-order valence-electron chi connectivity index (χ1n) is 6.03. The van der Waals surface area contributed by atoms with Crippen molar-refractivity contribution in [3.8, 4) is 0 Å². The lowest BCUT2D eigenvalue weighted by atomic mass is 10.2. The van der Waals surface area contributed by atoms with Crippen LogP contribution in [0.3, 0.4) is 0 Å². The number of hydrogen-bond acceptors (Lipinski definition) is 5. The number of epoxide rings is 1. The van der Waals surface area contributed by atoms with Crippen molar-refractivity contribution in [3.63, 3.8) is 0 Å². The lowest BCUT2D eigenvalue weighted by Gasteiger charge is -2.20. The summed E-state index contributed by atoms with van der Waals surface area (Å²) in [6.45, 7) is 4.49. The van der Waals surface area contributed by atoms with E-state index in [-0.39, 0.29) is 24.7 Å². The average Bonchev–Trinajstić information content (AvgIpc) is 2.97. The topological polar surface area (TPSA) is 57.3 Å². The van der Waals surface area contributed by atoms with E-state index in [2.05, 4.69) is 6.58 Å². The van der Waals surface area contributed by atoms with Crippen molar-refractivity contribution in [3.05, 3.63) is 12.7 Å². The van der Waals surface area contributed by atoms with Gasteiger partial charge in [0.1, 0.15) is 0 Å². The molecule has 0 saturated carbocycles. The largest absolute Gasteiger partial charge is 0.463 e. The van der Waals surface area contributed by atoms with Crippen LogP contribution in [-0.4, -0.2) is 37.9 Å². The van der Waals surface area contributed by atoms with Gasteiger partial charge in [0.2, 0.25) is 0 Å².